The molecule has 2 rings (SSSR count). The van der Waals surface area contributed by atoms with Gasteiger partial charge in [-0.25, -0.2) is 0 Å². The van der Waals surface area contributed by atoms with Crippen molar-refractivity contribution in [1.29, 1.82) is 0 Å². The first-order valence-corrected chi connectivity index (χ1v) is 4.62. The summed E-state index contributed by atoms with van der Waals surface area (Å²) in [7, 11) is 0. The van der Waals surface area contributed by atoms with E-state index in [2.05, 4.69) is 6.92 Å². The van der Waals surface area contributed by atoms with Crippen LogP contribution in [-0.4, -0.2) is 0 Å². The lowest BCUT2D eigenvalue weighted by Crippen LogP contribution is -1.91. The van der Waals surface area contributed by atoms with Crippen LogP contribution in [0.15, 0.2) is 33.1 Å². The molecule has 0 unspecified atom stereocenters. The molecule has 0 saturated heterocycles. The molecule has 2 nitrogen and oxygen atoms in total. The molecule has 2 heteroatoms. The van der Waals surface area contributed by atoms with Crippen LogP contribution in [-0.2, 0) is 0 Å². The van der Waals surface area contributed by atoms with Crippen molar-refractivity contribution in [3.05, 3.63) is 54.2 Å². The third kappa shape index (κ3) is 1.60. The molecule has 2 aromatic rings. The van der Waals surface area contributed by atoms with Gasteiger partial charge >= 0.3 is 0 Å². The first-order chi connectivity index (χ1) is 6.66. The van der Waals surface area contributed by atoms with Gasteiger partial charge in [-0.15, -0.1) is 0 Å². The summed E-state index contributed by atoms with van der Waals surface area (Å²) in [6.45, 7) is 7.86. The summed E-state index contributed by atoms with van der Waals surface area (Å²) < 4.78 is 11.0. The van der Waals surface area contributed by atoms with Gasteiger partial charge in [0.15, 0.2) is 0 Å². The molecule has 0 spiro atoms. The summed E-state index contributed by atoms with van der Waals surface area (Å²) in [4.78, 5) is 0. The highest BCUT2D eigenvalue weighted by atomic mass is 16.4. The Morgan fingerprint density at radius 2 is 1.36 bits per heavy atom. The lowest BCUT2D eigenvalue weighted by Gasteiger charge is -2.03. The van der Waals surface area contributed by atoms with Crippen molar-refractivity contribution >= 4 is 0 Å². The Balaban J connectivity index is 2.28. The van der Waals surface area contributed by atoms with Crippen LogP contribution in [0.2, 0.25) is 0 Å². The Bertz CT molecular complexity index is 383. The van der Waals surface area contributed by atoms with Crippen LogP contribution in [0.1, 0.15) is 29.0 Å². The molecule has 0 bridgehead atoms. The number of aryl methyl sites for hydroxylation is 2. The van der Waals surface area contributed by atoms with E-state index in [0.29, 0.717) is 0 Å². The monoisotopic (exact) mass is 189 g/mol. The van der Waals surface area contributed by atoms with Gasteiger partial charge in [0.2, 0.25) is 0 Å². The molecule has 14 heavy (non-hydrogen) atoms. The Labute approximate surface area is 83.5 Å². The molecule has 1 radical (unpaired) electrons. The van der Waals surface area contributed by atoms with E-state index < -0.39 is 0 Å². The molecular weight excluding hydrogens is 176 g/mol. The number of hydrogen-bond acceptors (Lipinski definition) is 2. The number of hydrogen-bond donors (Lipinski definition) is 0. The molecule has 0 saturated carbocycles. The summed E-state index contributed by atoms with van der Waals surface area (Å²) in [6, 6.07) is 7.74. The zero-order valence-electron chi connectivity index (χ0n) is 8.41. The SMILES string of the molecule is [CH2]C(c1ccc(C)o1)c1ccc(C)o1. The van der Waals surface area contributed by atoms with E-state index in [0.717, 1.165) is 23.0 Å². The highest BCUT2D eigenvalue weighted by Crippen LogP contribution is 2.26. The van der Waals surface area contributed by atoms with Crippen molar-refractivity contribution in [1.82, 2.24) is 0 Å². The van der Waals surface area contributed by atoms with Crippen LogP contribution in [0.4, 0.5) is 0 Å². The van der Waals surface area contributed by atoms with E-state index >= 15 is 0 Å². The van der Waals surface area contributed by atoms with E-state index in [1.807, 2.05) is 38.1 Å². The summed E-state index contributed by atoms with van der Waals surface area (Å²) in [5.41, 5.74) is 0. The van der Waals surface area contributed by atoms with Crippen molar-refractivity contribution in [2.75, 3.05) is 0 Å². The Morgan fingerprint density at radius 3 is 1.64 bits per heavy atom. The van der Waals surface area contributed by atoms with Crippen LogP contribution in [0, 0.1) is 20.8 Å². The standard InChI is InChI=1S/C12H13O2/c1-8-4-6-11(13-8)10(3)12-7-5-9(2)14-12/h4-7,10H,3H2,1-2H3. The van der Waals surface area contributed by atoms with Crippen molar-refractivity contribution in [2.24, 2.45) is 0 Å². The maximum absolute atomic E-state index is 5.49. The lowest BCUT2D eigenvalue weighted by atomic mass is 10.1. The Hall–Kier alpha value is -1.44. The quantitative estimate of drug-likeness (QED) is 0.723. The second kappa shape index (κ2) is 3.37. The van der Waals surface area contributed by atoms with Crippen LogP contribution in [0.25, 0.3) is 0 Å². The van der Waals surface area contributed by atoms with E-state index in [1.54, 1.807) is 0 Å². The fraction of sp³-hybridized carbons (Fsp3) is 0.250. The topological polar surface area (TPSA) is 26.3 Å². The Kier molecular flexibility index (Phi) is 2.20. The molecule has 0 aliphatic heterocycles. The fourth-order valence-corrected chi connectivity index (χ4v) is 1.42. The van der Waals surface area contributed by atoms with Gasteiger partial charge in [0.25, 0.3) is 0 Å². The summed E-state index contributed by atoms with van der Waals surface area (Å²) in [6.07, 6.45) is 0. The molecule has 0 amide bonds. The van der Waals surface area contributed by atoms with Gasteiger partial charge in [0.1, 0.15) is 23.0 Å². The molecule has 0 aliphatic carbocycles. The van der Waals surface area contributed by atoms with Gasteiger partial charge in [-0.05, 0) is 45.0 Å². The summed E-state index contributed by atoms with van der Waals surface area (Å²) >= 11 is 0. The first kappa shape index (κ1) is 9.13. The van der Waals surface area contributed by atoms with Gasteiger partial charge in [-0.2, -0.15) is 0 Å². The molecule has 73 valence electrons. The van der Waals surface area contributed by atoms with Gasteiger partial charge in [-0.3, -0.25) is 0 Å². The maximum atomic E-state index is 5.49. The number of furan rings is 2. The largest absolute Gasteiger partial charge is 0.466 e. The first-order valence-electron chi connectivity index (χ1n) is 4.62. The highest BCUT2D eigenvalue weighted by Gasteiger charge is 2.15. The third-order valence-electron chi connectivity index (χ3n) is 2.21. The fourth-order valence-electron chi connectivity index (χ4n) is 1.42. The minimum Gasteiger partial charge on any atom is -0.466 e. The maximum Gasteiger partial charge on any atom is 0.114 e. The van der Waals surface area contributed by atoms with E-state index in [-0.39, 0.29) is 5.92 Å². The predicted molar refractivity (Wildman–Crippen MR) is 54.1 cm³/mol. The van der Waals surface area contributed by atoms with Crippen molar-refractivity contribution in [3.63, 3.8) is 0 Å². The van der Waals surface area contributed by atoms with Crippen molar-refractivity contribution < 1.29 is 8.83 Å². The minimum atomic E-state index is -0.0580. The molecule has 0 atom stereocenters. The molecule has 0 N–H and O–H groups in total. The predicted octanol–water partition coefficient (Wildman–Crippen LogP) is 3.46. The van der Waals surface area contributed by atoms with Crippen LogP contribution < -0.4 is 0 Å². The van der Waals surface area contributed by atoms with Crippen molar-refractivity contribution in [3.8, 4) is 0 Å². The van der Waals surface area contributed by atoms with E-state index in [4.69, 9.17) is 8.83 Å². The summed E-state index contributed by atoms with van der Waals surface area (Å²) in [5, 5.41) is 0. The smallest absolute Gasteiger partial charge is 0.114 e. The zero-order chi connectivity index (χ0) is 10.1. The molecule has 2 heterocycles. The van der Waals surface area contributed by atoms with Gasteiger partial charge in [-0.1, -0.05) is 0 Å². The Morgan fingerprint density at radius 1 is 0.929 bits per heavy atom. The lowest BCUT2D eigenvalue weighted by molar-refractivity contribution is 0.431. The molecule has 2 aromatic heterocycles. The molecular formula is C12H13O2. The van der Waals surface area contributed by atoms with E-state index in [1.165, 1.54) is 0 Å². The molecule has 0 fully saturated rings. The van der Waals surface area contributed by atoms with Gasteiger partial charge in [0, 0.05) is 0 Å². The van der Waals surface area contributed by atoms with Crippen LogP contribution in [0.3, 0.4) is 0 Å². The summed E-state index contributed by atoms with van der Waals surface area (Å²) in [5.74, 6) is 3.43. The van der Waals surface area contributed by atoms with Crippen molar-refractivity contribution in [2.45, 2.75) is 19.8 Å². The third-order valence-corrected chi connectivity index (χ3v) is 2.21. The molecule has 0 aliphatic rings. The normalized spacial score (nSPS) is 11.1. The zero-order valence-corrected chi connectivity index (χ0v) is 8.41. The second-order valence-corrected chi connectivity index (χ2v) is 3.45. The highest BCUT2D eigenvalue weighted by molar-refractivity contribution is 5.23. The minimum absolute atomic E-state index is 0.0580. The van der Waals surface area contributed by atoms with Crippen LogP contribution >= 0.6 is 0 Å². The van der Waals surface area contributed by atoms with Gasteiger partial charge < -0.3 is 8.83 Å². The molecule has 0 aromatic carbocycles. The second-order valence-electron chi connectivity index (χ2n) is 3.45. The van der Waals surface area contributed by atoms with E-state index in [9.17, 15) is 0 Å². The van der Waals surface area contributed by atoms with Crippen LogP contribution in [0.5, 0.6) is 0 Å². The average Bonchev–Trinajstić information content (AvgIpc) is 2.73. The number of rotatable bonds is 2. The van der Waals surface area contributed by atoms with Gasteiger partial charge in [0.05, 0.1) is 5.92 Å². The average molecular weight is 189 g/mol.